The number of alkyl halides is 3. The van der Waals surface area contributed by atoms with Crippen LogP contribution in [-0.2, 0) is 25.4 Å². The first-order valence-corrected chi connectivity index (χ1v) is 14.4. The molecule has 0 bridgehead atoms. The van der Waals surface area contributed by atoms with Crippen molar-refractivity contribution in [2.24, 2.45) is 0 Å². The smallest absolute Gasteiger partial charge is 0.382 e. The summed E-state index contributed by atoms with van der Waals surface area (Å²) in [6.07, 6.45) is -2.89. The quantitative estimate of drug-likeness (QED) is 0.303. The second-order valence-corrected chi connectivity index (χ2v) is 12.7. The Kier molecular flexibility index (Phi) is 8.52. The Morgan fingerprint density at radius 3 is 2.57 bits per heavy atom. The van der Waals surface area contributed by atoms with Gasteiger partial charge in [0.05, 0.1) is 19.5 Å². The summed E-state index contributed by atoms with van der Waals surface area (Å²) in [6.45, 7) is 8.76. The fraction of sp³-hybridized carbons (Fsp3) is 0.586. The van der Waals surface area contributed by atoms with Gasteiger partial charge in [0.15, 0.2) is 17.3 Å². The van der Waals surface area contributed by atoms with Gasteiger partial charge in [0.1, 0.15) is 24.1 Å². The highest BCUT2D eigenvalue weighted by molar-refractivity contribution is 5.89. The first-order valence-electron chi connectivity index (χ1n) is 14.4. The number of carbonyl (C=O) groups is 1. The molecule has 3 aromatic rings. The molecule has 2 aromatic heterocycles. The zero-order valence-electron chi connectivity index (χ0n) is 25.4. The van der Waals surface area contributed by atoms with E-state index < -0.39 is 42.5 Å². The average Bonchev–Trinajstić information content (AvgIpc) is 3.56. The van der Waals surface area contributed by atoms with Crippen LogP contribution in [0.2, 0.25) is 0 Å². The standard InChI is InChI=1S/C29H39F3N8O4/c1-26(2,3)18-7-9-19(10-8-18)38-25(41)34-11-6-12-39(14-29(30,31)32)13-20-22-28(15-42-20,44-27(4,5)43-22)40-17-37-21-23(33)35-16-36-24(21)40/h7-10,16-17,20,22H,6,11-15H2,1-5H3,(H2,33,35,36)(H2,34,38,41). The van der Waals surface area contributed by atoms with E-state index in [-0.39, 0.29) is 43.9 Å². The topological polar surface area (TPSA) is 142 Å². The normalized spacial score (nSPS) is 23.3. The van der Waals surface area contributed by atoms with Crippen molar-refractivity contribution >= 4 is 28.7 Å². The van der Waals surface area contributed by atoms with Crippen LogP contribution >= 0.6 is 0 Å². The number of rotatable bonds is 9. The summed E-state index contributed by atoms with van der Waals surface area (Å²) in [6, 6.07) is 7.09. The molecular weight excluding hydrogens is 581 g/mol. The summed E-state index contributed by atoms with van der Waals surface area (Å²) < 4.78 is 61.1. The van der Waals surface area contributed by atoms with Crippen LogP contribution in [0.5, 0.6) is 0 Å². The van der Waals surface area contributed by atoms with Crippen molar-refractivity contribution in [1.29, 1.82) is 0 Å². The summed E-state index contributed by atoms with van der Waals surface area (Å²) in [7, 11) is 0. The van der Waals surface area contributed by atoms with Crippen molar-refractivity contribution in [3.63, 3.8) is 0 Å². The number of imidazole rings is 1. The Bertz CT molecular complexity index is 1470. The van der Waals surface area contributed by atoms with E-state index in [4.69, 9.17) is 19.9 Å². The van der Waals surface area contributed by atoms with Gasteiger partial charge in [-0.15, -0.1) is 0 Å². The third-order valence-electron chi connectivity index (χ3n) is 7.68. The van der Waals surface area contributed by atoms with Crippen molar-refractivity contribution in [3.8, 4) is 0 Å². The van der Waals surface area contributed by atoms with Gasteiger partial charge in [-0.25, -0.2) is 19.7 Å². The Labute approximate surface area is 253 Å². The number of nitrogens with one attached hydrogen (secondary N) is 2. The minimum atomic E-state index is -4.44. The number of nitrogens with zero attached hydrogens (tertiary/aromatic N) is 5. The van der Waals surface area contributed by atoms with Crippen LogP contribution in [0.1, 0.15) is 46.6 Å². The number of benzene rings is 1. The number of amides is 2. The average molecular weight is 621 g/mol. The molecule has 0 aliphatic carbocycles. The lowest BCUT2D eigenvalue weighted by atomic mass is 9.87. The second kappa shape index (κ2) is 11.8. The van der Waals surface area contributed by atoms with Crippen LogP contribution < -0.4 is 16.4 Å². The van der Waals surface area contributed by atoms with E-state index in [0.29, 0.717) is 16.9 Å². The van der Waals surface area contributed by atoms with E-state index in [9.17, 15) is 18.0 Å². The van der Waals surface area contributed by atoms with Crippen molar-refractivity contribution in [1.82, 2.24) is 29.7 Å². The number of urea groups is 1. The summed E-state index contributed by atoms with van der Waals surface area (Å²) in [5, 5.41) is 5.47. The number of nitrogens with two attached hydrogens (primary N) is 1. The number of aromatic nitrogens is 4. The molecule has 2 aliphatic rings. The van der Waals surface area contributed by atoms with Gasteiger partial charge in [0, 0.05) is 25.3 Å². The fourth-order valence-corrected chi connectivity index (χ4v) is 5.71. The number of halogens is 3. The second-order valence-electron chi connectivity index (χ2n) is 12.7. The number of anilines is 2. The van der Waals surface area contributed by atoms with Gasteiger partial charge in [0.2, 0.25) is 5.72 Å². The molecule has 240 valence electrons. The van der Waals surface area contributed by atoms with E-state index in [1.807, 2.05) is 24.3 Å². The molecule has 12 nitrogen and oxygen atoms in total. The molecule has 2 amide bonds. The first kappa shape index (κ1) is 31.9. The van der Waals surface area contributed by atoms with Crippen LogP contribution in [0, 0.1) is 0 Å². The minimum Gasteiger partial charge on any atom is -0.382 e. The molecule has 4 heterocycles. The Hall–Kier alpha value is -3.53. The number of hydrogen-bond acceptors (Lipinski definition) is 9. The molecule has 44 heavy (non-hydrogen) atoms. The van der Waals surface area contributed by atoms with E-state index >= 15 is 0 Å². The first-order chi connectivity index (χ1) is 20.6. The molecule has 0 saturated carbocycles. The monoisotopic (exact) mass is 620 g/mol. The van der Waals surface area contributed by atoms with Crippen LogP contribution in [0.15, 0.2) is 36.9 Å². The number of hydrogen-bond donors (Lipinski definition) is 3. The molecule has 0 spiro atoms. The van der Waals surface area contributed by atoms with Crippen molar-refractivity contribution in [2.45, 2.75) is 76.4 Å². The summed E-state index contributed by atoms with van der Waals surface area (Å²) in [4.78, 5) is 26.3. The van der Waals surface area contributed by atoms with E-state index in [1.54, 1.807) is 18.4 Å². The Balaban J connectivity index is 1.22. The molecule has 4 N–H and O–H groups in total. The van der Waals surface area contributed by atoms with Crippen molar-refractivity contribution in [3.05, 3.63) is 42.5 Å². The van der Waals surface area contributed by atoms with Gasteiger partial charge in [-0.2, -0.15) is 13.2 Å². The third-order valence-corrected chi connectivity index (χ3v) is 7.68. The van der Waals surface area contributed by atoms with Gasteiger partial charge in [0.25, 0.3) is 0 Å². The zero-order chi connectivity index (χ0) is 31.9. The highest BCUT2D eigenvalue weighted by Crippen LogP contribution is 2.47. The van der Waals surface area contributed by atoms with E-state index in [2.05, 4.69) is 46.4 Å². The maximum absolute atomic E-state index is 13.6. The maximum atomic E-state index is 13.6. The Morgan fingerprint density at radius 2 is 1.89 bits per heavy atom. The summed E-state index contributed by atoms with van der Waals surface area (Å²) in [5.74, 6) is -0.867. The number of fused-ring (bicyclic) bond motifs is 2. The highest BCUT2D eigenvalue weighted by atomic mass is 19.4. The van der Waals surface area contributed by atoms with Gasteiger partial charge < -0.3 is 30.6 Å². The van der Waals surface area contributed by atoms with E-state index in [0.717, 1.165) is 5.56 Å². The van der Waals surface area contributed by atoms with Gasteiger partial charge >= 0.3 is 12.2 Å². The Morgan fingerprint density at radius 1 is 1.16 bits per heavy atom. The lowest BCUT2D eigenvalue weighted by molar-refractivity contribution is -0.207. The SMILES string of the molecule is CC1(C)OC2C(CN(CCCNC(=O)Nc3ccc(C(C)(C)C)cc3)CC(F)(F)F)OCC2(n2cnc3c(N)ncnc32)O1. The largest absolute Gasteiger partial charge is 0.401 e. The molecule has 1 aromatic carbocycles. The van der Waals surface area contributed by atoms with Crippen molar-refractivity contribution in [2.75, 3.05) is 43.8 Å². The number of nitrogen functional groups attached to an aromatic ring is 1. The van der Waals surface area contributed by atoms with Crippen LogP contribution in [0.4, 0.5) is 29.5 Å². The molecule has 3 atom stereocenters. The number of ether oxygens (including phenoxy) is 3. The molecule has 5 rings (SSSR count). The van der Waals surface area contributed by atoms with Gasteiger partial charge in [-0.3, -0.25) is 9.47 Å². The maximum Gasteiger partial charge on any atom is 0.401 e. The zero-order valence-corrected chi connectivity index (χ0v) is 25.4. The molecule has 2 fully saturated rings. The predicted molar refractivity (Wildman–Crippen MR) is 157 cm³/mol. The fourth-order valence-electron chi connectivity index (χ4n) is 5.71. The molecule has 2 aliphatic heterocycles. The molecule has 3 unspecified atom stereocenters. The van der Waals surface area contributed by atoms with Crippen LogP contribution in [0.25, 0.3) is 11.2 Å². The predicted octanol–water partition coefficient (Wildman–Crippen LogP) is 3.99. The van der Waals surface area contributed by atoms with Crippen molar-refractivity contribution < 1.29 is 32.2 Å². The van der Waals surface area contributed by atoms with Gasteiger partial charge in [-0.05, 0) is 43.4 Å². The lowest BCUT2D eigenvalue weighted by Gasteiger charge is -2.30. The summed E-state index contributed by atoms with van der Waals surface area (Å²) >= 11 is 0. The molecular formula is C29H39F3N8O4. The highest BCUT2D eigenvalue weighted by Gasteiger charge is 2.63. The van der Waals surface area contributed by atoms with Gasteiger partial charge in [-0.1, -0.05) is 32.9 Å². The van der Waals surface area contributed by atoms with E-state index in [1.165, 1.54) is 17.6 Å². The number of carbonyl (C=O) groups excluding carboxylic acids is 1. The third kappa shape index (κ3) is 6.90. The molecule has 0 radical (unpaired) electrons. The lowest BCUT2D eigenvalue weighted by Crippen LogP contribution is -2.48. The molecule has 2 saturated heterocycles. The van der Waals surface area contributed by atoms with Crippen LogP contribution in [-0.4, -0.2) is 87.4 Å². The molecule has 15 heteroatoms. The summed E-state index contributed by atoms with van der Waals surface area (Å²) in [5.41, 5.74) is 7.25. The minimum absolute atomic E-state index is 0.000548. The van der Waals surface area contributed by atoms with Crippen LogP contribution in [0.3, 0.4) is 0 Å².